The van der Waals surface area contributed by atoms with Gasteiger partial charge in [-0.05, 0) is 49.1 Å². The molecule has 3 N–H and O–H groups in total. The molecule has 0 fully saturated rings. The standard InChI is InChI=1S/C24H28N4O4/c1-4-12-27(20(29)15-32-19-11-10-16(2)17(3)13-19)21-22(25)28(24(31)26-23(21)30)14-18-8-6-5-7-9-18/h5-11,13H,4,12,14-15,25H2,1-3H3,(H,26,30,31). The topological polar surface area (TPSA) is 110 Å². The number of carbonyl (C=O) groups is 1. The summed E-state index contributed by atoms with van der Waals surface area (Å²) in [5, 5.41) is 0. The zero-order valence-electron chi connectivity index (χ0n) is 18.6. The van der Waals surface area contributed by atoms with E-state index in [1.54, 1.807) is 6.07 Å². The summed E-state index contributed by atoms with van der Waals surface area (Å²) in [6, 6.07) is 14.8. The number of rotatable bonds is 8. The van der Waals surface area contributed by atoms with Gasteiger partial charge < -0.3 is 15.4 Å². The monoisotopic (exact) mass is 436 g/mol. The minimum absolute atomic E-state index is 0.0453. The summed E-state index contributed by atoms with van der Waals surface area (Å²) in [5.74, 6) is 0.0802. The number of amides is 1. The molecule has 0 bridgehead atoms. The van der Waals surface area contributed by atoms with E-state index in [1.165, 1.54) is 9.47 Å². The number of ether oxygens (including phenoxy) is 1. The van der Waals surface area contributed by atoms with Gasteiger partial charge >= 0.3 is 5.69 Å². The number of anilines is 2. The molecule has 0 spiro atoms. The number of carbonyl (C=O) groups excluding carboxylic acids is 1. The van der Waals surface area contributed by atoms with Crippen LogP contribution in [0.15, 0.2) is 58.1 Å². The molecule has 1 heterocycles. The molecule has 0 atom stereocenters. The van der Waals surface area contributed by atoms with Crippen molar-refractivity contribution in [1.82, 2.24) is 9.55 Å². The summed E-state index contributed by atoms with van der Waals surface area (Å²) in [5.41, 5.74) is 7.89. The first-order valence-corrected chi connectivity index (χ1v) is 10.5. The summed E-state index contributed by atoms with van der Waals surface area (Å²) >= 11 is 0. The molecular formula is C24H28N4O4. The number of H-pyrrole nitrogens is 1. The van der Waals surface area contributed by atoms with Crippen molar-refractivity contribution in [3.8, 4) is 5.75 Å². The third-order valence-corrected chi connectivity index (χ3v) is 5.26. The Bertz CT molecular complexity index is 1210. The van der Waals surface area contributed by atoms with Gasteiger partial charge in [-0.25, -0.2) is 4.79 Å². The molecule has 168 valence electrons. The summed E-state index contributed by atoms with van der Waals surface area (Å²) in [7, 11) is 0. The maximum Gasteiger partial charge on any atom is 0.330 e. The molecule has 0 aliphatic heterocycles. The van der Waals surface area contributed by atoms with Crippen LogP contribution in [0.1, 0.15) is 30.0 Å². The number of nitrogens with zero attached hydrogens (tertiary/aromatic N) is 2. The summed E-state index contributed by atoms with van der Waals surface area (Å²) in [6.07, 6.45) is 0.589. The van der Waals surface area contributed by atoms with Crippen LogP contribution in [0.5, 0.6) is 5.75 Å². The maximum absolute atomic E-state index is 13.0. The lowest BCUT2D eigenvalue weighted by Gasteiger charge is -2.24. The van der Waals surface area contributed by atoms with Crippen molar-refractivity contribution in [2.45, 2.75) is 33.7 Å². The summed E-state index contributed by atoms with van der Waals surface area (Å²) in [6.45, 7) is 6.00. The molecule has 8 heteroatoms. The Morgan fingerprint density at radius 2 is 1.81 bits per heavy atom. The van der Waals surface area contributed by atoms with Crippen molar-refractivity contribution in [3.63, 3.8) is 0 Å². The Balaban J connectivity index is 1.91. The molecule has 0 saturated heterocycles. The van der Waals surface area contributed by atoms with Crippen LogP contribution in [0.25, 0.3) is 0 Å². The van der Waals surface area contributed by atoms with E-state index >= 15 is 0 Å². The average molecular weight is 437 g/mol. The molecular weight excluding hydrogens is 408 g/mol. The molecule has 1 amide bonds. The molecule has 32 heavy (non-hydrogen) atoms. The van der Waals surface area contributed by atoms with E-state index in [0.717, 1.165) is 16.7 Å². The average Bonchev–Trinajstić information content (AvgIpc) is 2.77. The number of aryl methyl sites for hydroxylation is 2. The fraction of sp³-hybridized carbons (Fsp3) is 0.292. The zero-order chi connectivity index (χ0) is 23.3. The van der Waals surface area contributed by atoms with Gasteiger partial charge in [-0.1, -0.05) is 43.3 Å². The van der Waals surface area contributed by atoms with Crippen LogP contribution in [0.4, 0.5) is 11.5 Å². The fourth-order valence-corrected chi connectivity index (χ4v) is 3.37. The van der Waals surface area contributed by atoms with Crippen molar-refractivity contribution >= 4 is 17.4 Å². The van der Waals surface area contributed by atoms with Crippen molar-refractivity contribution < 1.29 is 9.53 Å². The van der Waals surface area contributed by atoms with Crippen LogP contribution < -0.4 is 26.6 Å². The first-order chi connectivity index (χ1) is 15.3. The van der Waals surface area contributed by atoms with Gasteiger partial charge in [-0.2, -0.15) is 0 Å². The van der Waals surface area contributed by atoms with E-state index in [1.807, 2.05) is 63.2 Å². The number of nitrogens with one attached hydrogen (secondary N) is 1. The largest absolute Gasteiger partial charge is 0.484 e. The van der Waals surface area contributed by atoms with Crippen LogP contribution in [0.3, 0.4) is 0 Å². The second-order valence-corrected chi connectivity index (χ2v) is 7.64. The minimum Gasteiger partial charge on any atom is -0.484 e. The molecule has 0 radical (unpaired) electrons. The molecule has 0 aliphatic carbocycles. The highest BCUT2D eigenvalue weighted by atomic mass is 16.5. The van der Waals surface area contributed by atoms with Gasteiger partial charge in [0, 0.05) is 6.54 Å². The van der Waals surface area contributed by atoms with E-state index in [4.69, 9.17) is 10.5 Å². The molecule has 0 saturated carbocycles. The lowest BCUT2D eigenvalue weighted by Crippen LogP contribution is -2.43. The maximum atomic E-state index is 13.0. The van der Waals surface area contributed by atoms with E-state index in [9.17, 15) is 14.4 Å². The first kappa shape index (κ1) is 22.9. The Morgan fingerprint density at radius 3 is 2.47 bits per heavy atom. The lowest BCUT2D eigenvalue weighted by molar-refractivity contribution is -0.120. The number of nitrogen functional groups attached to an aromatic ring is 1. The number of nitrogens with two attached hydrogens (primary N) is 1. The van der Waals surface area contributed by atoms with Gasteiger partial charge in [-0.3, -0.25) is 19.1 Å². The number of hydrogen-bond acceptors (Lipinski definition) is 5. The molecule has 0 aliphatic rings. The first-order valence-electron chi connectivity index (χ1n) is 10.5. The van der Waals surface area contributed by atoms with Gasteiger partial charge in [0.15, 0.2) is 12.3 Å². The van der Waals surface area contributed by atoms with Crippen LogP contribution in [0, 0.1) is 13.8 Å². The van der Waals surface area contributed by atoms with Gasteiger partial charge in [0.2, 0.25) is 0 Å². The quantitative estimate of drug-likeness (QED) is 0.564. The van der Waals surface area contributed by atoms with E-state index in [-0.39, 0.29) is 31.2 Å². The highest BCUT2D eigenvalue weighted by molar-refractivity contribution is 5.96. The number of benzene rings is 2. The number of aromatic amines is 1. The van der Waals surface area contributed by atoms with Crippen molar-refractivity contribution in [2.24, 2.45) is 0 Å². The second-order valence-electron chi connectivity index (χ2n) is 7.64. The third-order valence-electron chi connectivity index (χ3n) is 5.26. The van der Waals surface area contributed by atoms with Gasteiger partial charge in [0.1, 0.15) is 11.6 Å². The highest BCUT2D eigenvalue weighted by Crippen LogP contribution is 2.20. The normalized spacial score (nSPS) is 10.7. The molecule has 3 rings (SSSR count). The molecule has 2 aromatic carbocycles. The predicted octanol–water partition coefficient (Wildman–Crippen LogP) is 2.61. The summed E-state index contributed by atoms with van der Waals surface area (Å²) in [4.78, 5) is 41.7. The Kier molecular flexibility index (Phi) is 7.14. The summed E-state index contributed by atoms with van der Waals surface area (Å²) < 4.78 is 6.93. The lowest BCUT2D eigenvalue weighted by atomic mass is 10.1. The predicted molar refractivity (Wildman–Crippen MR) is 125 cm³/mol. The SMILES string of the molecule is CCCN(C(=O)COc1ccc(C)c(C)c1)c1c(N)n(Cc2ccccc2)c(=O)[nH]c1=O. The minimum atomic E-state index is -0.704. The molecule has 0 unspecified atom stereocenters. The van der Waals surface area contributed by atoms with Crippen LogP contribution in [-0.2, 0) is 11.3 Å². The van der Waals surface area contributed by atoms with Crippen LogP contribution in [0.2, 0.25) is 0 Å². The van der Waals surface area contributed by atoms with Crippen molar-refractivity contribution in [2.75, 3.05) is 23.8 Å². The Hall–Kier alpha value is -3.81. The van der Waals surface area contributed by atoms with E-state index < -0.39 is 17.2 Å². The van der Waals surface area contributed by atoms with Crippen molar-refractivity contribution in [3.05, 3.63) is 86.1 Å². The van der Waals surface area contributed by atoms with Crippen molar-refractivity contribution in [1.29, 1.82) is 0 Å². The molecule has 8 nitrogen and oxygen atoms in total. The number of hydrogen-bond donors (Lipinski definition) is 2. The Morgan fingerprint density at radius 1 is 1.09 bits per heavy atom. The van der Waals surface area contributed by atoms with E-state index in [2.05, 4.69) is 4.98 Å². The highest BCUT2D eigenvalue weighted by Gasteiger charge is 2.24. The van der Waals surface area contributed by atoms with Crippen LogP contribution >= 0.6 is 0 Å². The van der Waals surface area contributed by atoms with Gasteiger partial charge in [-0.15, -0.1) is 0 Å². The molecule has 1 aromatic heterocycles. The molecule has 3 aromatic rings. The van der Waals surface area contributed by atoms with Gasteiger partial charge in [0.05, 0.1) is 6.54 Å². The fourth-order valence-electron chi connectivity index (χ4n) is 3.37. The third kappa shape index (κ3) is 5.08. The number of aromatic nitrogens is 2. The van der Waals surface area contributed by atoms with Crippen LogP contribution in [-0.4, -0.2) is 28.6 Å². The smallest absolute Gasteiger partial charge is 0.330 e. The van der Waals surface area contributed by atoms with Gasteiger partial charge in [0.25, 0.3) is 11.5 Å². The Labute approximate surface area is 186 Å². The second kappa shape index (κ2) is 10.00. The van der Waals surface area contributed by atoms with E-state index in [0.29, 0.717) is 12.2 Å². The zero-order valence-corrected chi connectivity index (χ0v) is 18.6.